The fourth-order valence-electron chi connectivity index (χ4n) is 5.34. The summed E-state index contributed by atoms with van der Waals surface area (Å²) in [5, 5.41) is 7.19. The molecule has 11 heteroatoms. The summed E-state index contributed by atoms with van der Waals surface area (Å²) in [5.74, 6) is -1.13. The van der Waals surface area contributed by atoms with Gasteiger partial charge in [0.1, 0.15) is 18.7 Å². The number of aromatic nitrogens is 3. The van der Waals surface area contributed by atoms with Crippen molar-refractivity contribution in [1.29, 1.82) is 0 Å². The maximum absolute atomic E-state index is 14.9. The second kappa shape index (κ2) is 12.9. The number of fused-ring (bicyclic) bond motifs is 1. The maximum Gasteiger partial charge on any atom is 0.243 e. The molecule has 0 atom stereocenters. The van der Waals surface area contributed by atoms with Gasteiger partial charge in [0, 0.05) is 57.1 Å². The predicted octanol–water partition coefficient (Wildman–Crippen LogP) is 6.14. The van der Waals surface area contributed by atoms with E-state index in [9.17, 15) is 18.8 Å². The maximum atomic E-state index is 14.9. The van der Waals surface area contributed by atoms with Crippen molar-refractivity contribution < 1.29 is 18.8 Å². The first-order chi connectivity index (χ1) is 21.8. The van der Waals surface area contributed by atoms with E-state index in [1.807, 2.05) is 18.2 Å². The van der Waals surface area contributed by atoms with Gasteiger partial charge in [0.05, 0.1) is 24.6 Å². The molecule has 2 aromatic heterocycles. The number of Topliss-reactive ketones (excluding diaryl/α,β-unsaturated/α-hetero) is 1. The average Bonchev–Trinajstić information content (AvgIpc) is 3.81. The summed E-state index contributed by atoms with van der Waals surface area (Å²) in [6.45, 7) is 1.46. The van der Waals surface area contributed by atoms with Crippen LogP contribution in [-0.4, -0.2) is 49.6 Å². The number of carbonyl (C=O) groups excluding carboxylic acids is 3. The number of nitrogens with one attached hydrogen (secondary N) is 2. The number of rotatable bonds is 11. The molecule has 2 N–H and O–H groups in total. The van der Waals surface area contributed by atoms with Gasteiger partial charge in [-0.1, -0.05) is 41.9 Å². The Kier molecular flexibility index (Phi) is 8.57. The number of hydrogen-bond acceptors (Lipinski definition) is 6. The molecule has 2 amide bonds. The molecule has 1 aliphatic rings. The molecule has 0 unspecified atom stereocenters. The molecular formula is C34H30ClFN6O3. The number of carbonyl (C=O) groups is 3. The summed E-state index contributed by atoms with van der Waals surface area (Å²) in [7, 11) is 0. The van der Waals surface area contributed by atoms with E-state index in [1.165, 1.54) is 19.3 Å². The van der Waals surface area contributed by atoms with Crippen molar-refractivity contribution in [1.82, 2.24) is 24.8 Å². The van der Waals surface area contributed by atoms with Crippen LogP contribution in [-0.2, 0) is 22.7 Å². The Labute approximate surface area is 264 Å². The second-order valence-electron chi connectivity index (χ2n) is 11.0. The smallest absolute Gasteiger partial charge is 0.243 e. The van der Waals surface area contributed by atoms with Gasteiger partial charge in [-0.3, -0.25) is 14.4 Å². The lowest BCUT2D eigenvalue weighted by Gasteiger charge is -2.22. The van der Waals surface area contributed by atoms with E-state index in [0.29, 0.717) is 38.4 Å². The Morgan fingerprint density at radius 1 is 1.00 bits per heavy atom. The summed E-state index contributed by atoms with van der Waals surface area (Å²) < 4.78 is 16.7. The predicted molar refractivity (Wildman–Crippen MR) is 171 cm³/mol. The monoisotopic (exact) mass is 624 g/mol. The van der Waals surface area contributed by atoms with Crippen molar-refractivity contribution >= 4 is 51.5 Å². The second-order valence-corrected chi connectivity index (χ2v) is 11.4. The quantitative estimate of drug-likeness (QED) is 0.171. The van der Waals surface area contributed by atoms with Crippen LogP contribution in [0.2, 0.25) is 5.02 Å². The fraction of sp³-hybridized carbons (Fsp3) is 0.206. The number of halogens is 2. The largest absolute Gasteiger partial charge is 0.353 e. The van der Waals surface area contributed by atoms with Crippen molar-refractivity contribution in [3.8, 4) is 11.1 Å². The Morgan fingerprint density at radius 2 is 1.78 bits per heavy atom. The highest BCUT2D eigenvalue weighted by molar-refractivity contribution is 6.33. The molecule has 6 rings (SSSR count). The zero-order chi connectivity index (χ0) is 31.5. The molecule has 2 heterocycles. The van der Waals surface area contributed by atoms with Crippen LogP contribution in [0.1, 0.15) is 35.7 Å². The standard InChI is InChI=1S/C34H30ClFN6O3/c1-21(43)29-17-41(32-11-7-23(13-28(29)32)40-24-15-37-20-38-16-24)19-34(45)42(25-8-9-25)18-33(44)39-14-22-6-10-27(31(36)12-22)26-4-2-3-5-30(26)35/h2-7,10-13,15-17,20,25,40H,8-9,14,18-19H2,1H3,(H,39,44). The van der Waals surface area contributed by atoms with Gasteiger partial charge >= 0.3 is 0 Å². The van der Waals surface area contributed by atoms with Crippen LogP contribution < -0.4 is 10.6 Å². The van der Waals surface area contributed by atoms with Crippen LogP contribution in [0.3, 0.4) is 0 Å². The van der Waals surface area contributed by atoms with E-state index in [0.717, 1.165) is 24.0 Å². The van der Waals surface area contributed by atoms with Crippen molar-refractivity contribution in [3.05, 3.63) is 108 Å². The first kappa shape index (κ1) is 30.0. The van der Waals surface area contributed by atoms with Crippen LogP contribution in [0, 0.1) is 5.82 Å². The Morgan fingerprint density at radius 3 is 2.49 bits per heavy atom. The van der Waals surface area contributed by atoms with E-state index in [2.05, 4.69) is 20.6 Å². The molecule has 0 aliphatic heterocycles. The van der Waals surface area contributed by atoms with Gasteiger partial charge in [-0.05, 0) is 55.7 Å². The van der Waals surface area contributed by atoms with E-state index >= 15 is 0 Å². The Balaban J connectivity index is 1.12. The first-order valence-electron chi connectivity index (χ1n) is 14.5. The number of anilines is 2. The molecule has 0 spiro atoms. The third-order valence-electron chi connectivity index (χ3n) is 7.72. The Bertz CT molecular complexity index is 1910. The summed E-state index contributed by atoms with van der Waals surface area (Å²) in [4.78, 5) is 48.6. The summed E-state index contributed by atoms with van der Waals surface area (Å²) in [6.07, 6.45) is 8.05. The number of benzene rings is 3. The van der Waals surface area contributed by atoms with Gasteiger partial charge in [-0.25, -0.2) is 14.4 Å². The van der Waals surface area contributed by atoms with E-state index in [1.54, 1.807) is 64.5 Å². The third kappa shape index (κ3) is 6.86. The summed E-state index contributed by atoms with van der Waals surface area (Å²) in [6, 6.07) is 17.3. The zero-order valence-corrected chi connectivity index (χ0v) is 25.2. The molecule has 0 bridgehead atoms. The number of ketones is 1. The number of nitrogens with zero attached hydrogens (tertiary/aromatic N) is 4. The number of amides is 2. The summed E-state index contributed by atoms with van der Waals surface area (Å²) >= 11 is 6.23. The zero-order valence-electron chi connectivity index (χ0n) is 24.5. The van der Waals surface area contributed by atoms with Crippen LogP contribution in [0.25, 0.3) is 22.0 Å². The highest BCUT2D eigenvalue weighted by atomic mass is 35.5. The Hall–Kier alpha value is -5.09. The molecule has 228 valence electrons. The molecular weight excluding hydrogens is 595 g/mol. The first-order valence-corrected chi connectivity index (χ1v) is 14.9. The lowest BCUT2D eigenvalue weighted by Crippen LogP contribution is -2.43. The fourth-order valence-corrected chi connectivity index (χ4v) is 5.58. The van der Waals surface area contributed by atoms with Crippen LogP contribution in [0.15, 0.2) is 85.6 Å². The van der Waals surface area contributed by atoms with Crippen molar-refractivity contribution in [3.63, 3.8) is 0 Å². The third-order valence-corrected chi connectivity index (χ3v) is 8.05. The normalized spacial score (nSPS) is 12.6. The van der Waals surface area contributed by atoms with E-state index in [4.69, 9.17) is 11.6 Å². The molecule has 0 saturated heterocycles. The molecule has 3 aromatic carbocycles. The van der Waals surface area contributed by atoms with Gasteiger partial charge in [0.2, 0.25) is 11.8 Å². The molecule has 1 fully saturated rings. The van der Waals surface area contributed by atoms with Gasteiger partial charge < -0.3 is 20.1 Å². The molecule has 1 saturated carbocycles. The molecule has 45 heavy (non-hydrogen) atoms. The average molecular weight is 625 g/mol. The van der Waals surface area contributed by atoms with E-state index < -0.39 is 5.82 Å². The van der Waals surface area contributed by atoms with Gasteiger partial charge in [-0.15, -0.1) is 0 Å². The molecule has 0 radical (unpaired) electrons. The van der Waals surface area contributed by atoms with Crippen molar-refractivity contribution in [2.45, 2.75) is 38.9 Å². The van der Waals surface area contributed by atoms with Crippen LogP contribution in [0.4, 0.5) is 15.8 Å². The lowest BCUT2D eigenvalue weighted by atomic mass is 10.0. The van der Waals surface area contributed by atoms with Gasteiger partial charge in [-0.2, -0.15) is 0 Å². The van der Waals surface area contributed by atoms with Gasteiger partial charge in [0.15, 0.2) is 5.78 Å². The SMILES string of the molecule is CC(=O)c1cn(CC(=O)N(CC(=O)NCc2ccc(-c3ccccc3Cl)c(F)c2)C2CC2)c2ccc(Nc3cncnc3)cc12. The lowest BCUT2D eigenvalue weighted by molar-refractivity contribution is -0.137. The van der Waals surface area contributed by atoms with E-state index in [-0.39, 0.29) is 43.3 Å². The van der Waals surface area contributed by atoms with Crippen molar-refractivity contribution in [2.75, 3.05) is 11.9 Å². The van der Waals surface area contributed by atoms with Gasteiger partial charge in [0.25, 0.3) is 0 Å². The minimum Gasteiger partial charge on any atom is -0.353 e. The molecule has 5 aromatic rings. The molecule has 9 nitrogen and oxygen atoms in total. The minimum atomic E-state index is -0.439. The molecule has 1 aliphatic carbocycles. The topological polar surface area (TPSA) is 109 Å². The summed E-state index contributed by atoms with van der Waals surface area (Å²) in [5.41, 5.74) is 4.23. The van der Waals surface area contributed by atoms with Crippen LogP contribution in [0.5, 0.6) is 0 Å². The number of hydrogen-bond donors (Lipinski definition) is 2. The highest BCUT2D eigenvalue weighted by Gasteiger charge is 2.34. The van der Waals surface area contributed by atoms with Crippen molar-refractivity contribution in [2.24, 2.45) is 0 Å². The van der Waals surface area contributed by atoms with Crippen LogP contribution >= 0.6 is 11.6 Å². The minimum absolute atomic E-state index is 0.0198. The highest BCUT2D eigenvalue weighted by Crippen LogP contribution is 2.31.